The summed E-state index contributed by atoms with van der Waals surface area (Å²) in [5.74, 6) is -0.0884. The normalized spacial score (nSPS) is 26.0. The molecule has 3 aliphatic rings. The second-order valence-corrected chi connectivity index (χ2v) is 10.4. The van der Waals surface area contributed by atoms with Gasteiger partial charge in [0.25, 0.3) is 5.91 Å². The summed E-state index contributed by atoms with van der Waals surface area (Å²) in [6, 6.07) is 4.69. The fourth-order valence-corrected chi connectivity index (χ4v) is 5.56. The number of carbonyl (C=O) groups excluding carboxylic acids is 3. The summed E-state index contributed by atoms with van der Waals surface area (Å²) < 4.78 is 0. The first kappa shape index (κ1) is 23.7. The first-order valence-electron chi connectivity index (χ1n) is 12.7. The Hall–Kier alpha value is -2.41. The van der Waals surface area contributed by atoms with Gasteiger partial charge in [-0.1, -0.05) is 46.0 Å². The molecule has 3 unspecified atom stereocenters. The third-order valence-electron chi connectivity index (χ3n) is 7.41. The van der Waals surface area contributed by atoms with Gasteiger partial charge in [-0.2, -0.15) is 0 Å². The van der Waals surface area contributed by atoms with E-state index in [1.54, 1.807) is 17.0 Å². The average molecular weight is 455 g/mol. The van der Waals surface area contributed by atoms with Gasteiger partial charge in [-0.3, -0.25) is 19.3 Å². The van der Waals surface area contributed by atoms with Crippen LogP contribution in [0.2, 0.25) is 0 Å². The molecule has 7 nitrogen and oxygen atoms in total. The minimum absolute atomic E-state index is 0.0274. The lowest BCUT2D eigenvalue weighted by molar-refractivity contribution is -0.127. The molecule has 2 fully saturated rings. The van der Waals surface area contributed by atoms with Gasteiger partial charge < -0.3 is 16.4 Å². The zero-order chi connectivity index (χ0) is 23.5. The summed E-state index contributed by atoms with van der Waals surface area (Å²) in [5.41, 5.74) is 7.90. The van der Waals surface area contributed by atoms with Crippen LogP contribution in [0.1, 0.15) is 88.4 Å². The Morgan fingerprint density at radius 2 is 1.79 bits per heavy atom. The number of nitrogens with zero attached hydrogens (tertiary/aromatic N) is 1. The molecule has 2 aliphatic carbocycles. The molecule has 0 saturated heterocycles. The molecule has 3 atom stereocenters. The second-order valence-electron chi connectivity index (χ2n) is 10.4. The SMILES string of the molecule is CC(C)CC1C(=O)Nc2cc(C(=O)NC3CCCCC3N)ccc2N1C(=O)C1CCCCC1. The van der Waals surface area contributed by atoms with Crippen molar-refractivity contribution >= 4 is 29.1 Å². The van der Waals surface area contributed by atoms with Crippen LogP contribution in [0.4, 0.5) is 11.4 Å². The standard InChI is InChI=1S/C26H38N4O3/c1-16(2)14-23-25(32)29-21-15-18(24(31)28-20-11-7-6-10-19(20)27)12-13-22(21)30(23)26(33)17-8-4-3-5-9-17/h12-13,15-17,19-20,23H,3-11,14,27H2,1-2H3,(H,28,31)(H,29,32). The largest absolute Gasteiger partial charge is 0.348 e. The van der Waals surface area contributed by atoms with Gasteiger partial charge in [0.15, 0.2) is 0 Å². The Morgan fingerprint density at radius 1 is 1.09 bits per heavy atom. The van der Waals surface area contributed by atoms with E-state index >= 15 is 0 Å². The van der Waals surface area contributed by atoms with Crippen LogP contribution in [0.5, 0.6) is 0 Å². The van der Waals surface area contributed by atoms with Crippen molar-refractivity contribution in [2.45, 2.75) is 96.2 Å². The summed E-state index contributed by atoms with van der Waals surface area (Å²) in [6.45, 7) is 4.13. The zero-order valence-electron chi connectivity index (χ0n) is 19.9. The van der Waals surface area contributed by atoms with Crippen LogP contribution < -0.4 is 21.3 Å². The van der Waals surface area contributed by atoms with Crippen LogP contribution >= 0.6 is 0 Å². The lowest BCUT2D eigenvalue weighted by Gasteiger charge is -2.39. The average Bonchev–Trinajstić information content (AvgIpc) is 2.80. The summed E-state index contributed by atoms with van der Waals surface area (Å²) in [5, 5.41) is 6.04. The highest BCUT2D eigenvalue weighted by atomic mass is 16.2. The molecule has 7 heteroatoms. The van der Waals surface area contributed by atoms with E-state index in [0.29, 0.717) is 23.4 Å². The van der Waals surface area contributed by atoms with Crippen LogP contribution in [0, 0.1) is 11.8 Å². The first-order valence-corrected chi connectivity index (χ1v) is 12.7. The van der Waals surface area contributed by atoms with Gasteiger partial charge in [-0.05, 0) is 56.2 Å². The number of benzene rings is 1. The van der Waals surface area contributed by atoms with Crippen molar-refractivity contribution in [1.29, 1.82) is 0 Å². The van der Waals surface area contributed by atoms with Crippen molar-refractivity contribution in [2.24, 2.45) is 17.6 Å². The van der Waals surface area contributed by atoms with Crippen molar-refractivity contribution < 1.29 is 14.4 Å². The third-order valence-corrected chi connectivity index (χ3v) is 7.41. The Morgan fingerprint density at radius 3 is 2.48 bits per heavy atom. The summed E-state index contributed by atoms with van der Waals surface area (Å²) >= 11 is 0. The van der Waals surface area contributed by atoms with E-state index in [0.717, 1.165) is 51.4 Å². The summed E-state index contributed by atoms with van der Waals surface area (Å²) in [4.78, 5) is 41.4. The molecular weight excluding hydrogens is 416 g/mol. The van der Waals surface area contributed by atoms with E-state index in [1.165, 1.54) is 6.42 Å². The number of carbonyl (C=O) groups is 3. The number of nitrogens with two attached hydrogens (primary N) is 1. The maximum Gasteiger partial charge on any atom is 0.251 e. The highest BCUT2D eigenvalue weighted by molar-refractivity contribution is 6.13. The molecule has 4 rings (SSSR count). The molecule has 3 amide bonds. The molecule has 0 radical (unpaired) electrons. The molecule has 1 heterocycles. The molecule has 0 aromatic heterocycles. The Bertz CT molecular complexity index is 894. The van der Waals surface area contributed by atoms with Gasteiger partial charge in [0.2, 0.25) is 11.8 Å². The topological polar surface area (TPSA) is 105 Å². The van der Waals surface area contributed by atoms with Crippen LogP contribution in [-0.2, 0) is 9.59 Å². The highest BCUT2D eigenvalue weighted by Crippen LogP contribution is 2.38. The van der Waals surface area contributed by atoms with E-state index in [1.807, 2.05) is 6.07 Å². The van der Waals surface area contributed by atoms with Crippen LogP contribution in [0.3, 0.4) is 0 Å². The molecule has 33 heavy (non-hydrogen) atoms. The number of hydrogen-bond acceptors (Lipinski definition) is 4. The molecule has 1 aromatic carbocycles. The lowest BCUT2D eigenvalue weighted by Crippen LogP contribution is -2.53. The quantitative estimate of drug-likeness (QED) is 0.626. The second kappa shape index (κ2) is 10.2. The van der Waals surface area contributed by atoms with Crippen LogP contribution in [0.25, 0.3) is 0 Å². The fourth-order valence-electron chi connectivity index (χ4n) is 5.56. The highest BCUT2D eigenvalue weighted by Gasteiger charge is 2.40. The van der Waals surface area contributed by atoms with Gasteiger partial charge in [0.1, 0.15) is 6.04 Å². The van der Waals surface area contributed by atoms with Crippen molar-refractivity contribution in [1.82, 2.24) is 5.32 Å². The molecule has 1 aliphatic heterocycles. The predicted octanol–water partition coefficient (Wildman–Crippen LogP) is 3.97. The molecule has 0 spiro atoms. The maximum atomic E-state index is 13.6. The van der Waals surface area contributed by atoms with Gasteiger partial charge >= 0.3 is 0 Å². The molecule has 4 N–H and O–H groups in total. The van der Waals surface area contributed by atoms with E-state index in [2.05, 4.69) is 24.5 Å². The number of amides is 3. The summed E-state index contributed by atoms with van der Waals surface area (Å²) in [6.07, 6.45) is 9.60. The smallest absolute Gasteiger partial charge is 0.251 e. The maximum absolute atomic E-state index is 13.6. The number of hydrogen-bond donors (Lipinski definition) is 3. The lowest BCUT2D eigenvalue weighted by atomic mass is 9.86. The van der Waals surface area contributed by atoms with Crippen LogP contribution in [-0.4, -0.2) is 35.8 Å². The first-order chi connectivity index (χ1) is 15.8. The Balaban J connectivity index is 1.60. The number of anilines is 2. The number of nitrogens with one attached hydrogen (secondary N) is 2. The monoisotopic (exact) mass is 454 g/mol. The zero-order valence-corrected chi connectivity index (χ0v) is 19.9. The minimum atomic E-state index is -0.521. The predicted molar refractivity (Wildman–Crippen MR) is 130 cm³/mol. The van der Waals surface area contributed by atoms with E-state index < -0.39 is 6.04 Å². The third kappa shape index (κ3) is 5.24. The summed E-state index contributed by atoms with van der Waals surface area (Å²) in [7, 11) is 0. The van der Waals surface area contributed by atoms with Crippen molar-refractivity contribution in [3.05, 3.63) is 23.8 Å². The van der Waals surface area contributed by atoms with Crippen LogP contribution in [0.15, 0.2) is 18.2 Å². The molecular formula is C26H38N4O3. The van der Waals surface area contributed by atoms with Crippen molar-refractivity contribution in [2.75, 3.05) is 10.2 Å². The minimum Gasteiger partial charge on any atom is -0.348 e. The Kier molecular flexibility index (Phi) is 7.37. The number of rotatable bonds is 5. The molecule has 180 valence electrons. The van der Waals surface area contributed by atoms with E-state index in [9.17, 15) is 14.4 Å². The van der Waals surface area contributed by atoms with Gasteiger partial charge in [0, 0.05) is 23.6 Å². The van der Waals surface area contributed by atoms with E-state index in [4.69, 9.17) is 5.73 Å². The molecule has 1 aromatic rings. The molecule has 2 saturated carbocycles. The number of fused-ring (bicyclic) bond motifs is 1. The Labute approximate surface area is 196 Å². The van der Waals surface area contributed by atoms with Gasteiger partial charge in [0.05, 0.1) is 11.4 Å². The van der Waals surface area contributed by atoms with Crippen molar-refractivity contribution in [3.63, 3.8) is 0 Å². The van der Waals surface area contributed by atoms with Crippen molar-refractivity contribution in [3.8, 4) is 0 Å². The van der Waals surface area contributed by atoms with Gasteiger partial charge in [-0.15, -0.1) is 0 Å². The van der Waals surface area contributed by atoms with E-state index in [-0.39, 0.29) is 41.6 Å². The fraction of sp³-hybridized carbons (Fsp3) is 0.654. The van der Waals surface area contributed by atoms with Gasteiger partial charge in [-0.25, -0.2) is 0 Å². The molecule has 0 bridgehead atoms.